The van der Waals surface area contributed by atoms with E-state index in [4.69, 9.17) is 5.11 Å². The molecule has 1 aliphatic carbocycles. The molecule has 0 spiro atoms. The average molecular weight is 271 g/mol. The summed E-state index contributed by atoms with van der Waals surface area (Å²) in [6, 6.07) is 1.75. The monoisotopic (exact) mass is 271 g/mol. The summed E-state index contributed by atoms with van der Waals surface area (Å²) in [5.74, 6) is -4.52. The minimum atomic E-state index is -1.47. The second-order valence-electron chi connectivity index (χ2n) is 4.31. The van der Waals surface area contributed by atoms with Crippen LogP contribution in [0.5, 0.6) is 5.75 Å². The number of ether oxygens (including phenoxy) is 1. The van der Waals surface area contributed by atoms with Crippen molar-refractivity contribution in [2.45, 2.75) is 12.8 Å². The molecular weight excluding hydrogens is 260 g/mol. The largest absolute Gasteiger partial charge is 0.491 e. The predicted molar refractivity (Wildman–Crippen MR) is 60.8 cm³/mol. The number of methoxy groups -OCH3 is 1. The number of anilines is 1. The van der Waals surface area contributed by atoms with Crippen molar-refractivity contribution in [1.29, 1.82) is 0 Å². The first-order chi connectivity index (χ1) is 8.90. The zero-order valence-electron chi connectivity index (χ0n) is 10.00. The predicted octanol–water partition coefficient (Wildman–Crippen LogP) is 1.78. The van der Waals surface area contributed by atoms with Gasteiger partial charge in [-0.05, 0) is 12.8 Å². The van der Waals surface area contributed by atoms with Crippen molar-refractivity contribution in [1.82, 2.24) is 0 Å². The summed E-state index contributed by atoms with van der Waals surface area (Å²) in [4.78, 5) is 22.7. The van der Waals surface area contributed by atoms with Crippen molar-refractivity contribution in [2.75, 3.05) is 12.4 Å². The zero-order valence-corrected chi connectivity index (χ0v) is 10.00. The second kappa shape index (κ2) is 4.49. The van der Waals surface area contributed by atoms with Crippen LogP contribution in [0.2, 0.25) is 0 Å². The molecule has 1 saturated carbocycles. The highest BCUT2D eigenvalue weighted by Crippen LogP contribution is 2.46. The molecular formula is C12H11F2NO4. The lowest BCUT2D eigenvalue weighted by molar-refractivity contribution is -0.147. The van der Waals surface area contributed by atoms with Crippen molar-refractivity contribution >= 4 is 17.6 Å². The Morgan fingerprint density at radius 1 is 1.32 bits per heavy atom. The Hall–Kier alpha value is -2.18. The molecule has 19 heavy (non-hydrogen) atoms. The van der Waals surface area contributed by atoms with Gasteiger partial charge in [-0.3, -0.25) is 9.59 Å². The Balaban J connectivity index is 2.21. The van der Waals surface area contributed by atoms with Gasteiger partial charge in [0.15, 0.2) is 17.4 Å². The maximum absolute atomic E-state index is 13.4. The number of hydrogen-bond acceptors (Lipinski definition) is 3. The van der Waals surface area contributed by atoms with Crippen LogP contribution in [-0.4, -0.2) is 24.1 Å². The Labute approximate surface area is 107 Å². The van der Waals surface area contributed by atoms with E-state index in [1.165, 1.54) is 0 Å². The number of carbonyl (C=O) groups is 2. The number of amides is 1. The SMILES string of the molecule is COc1c(F)cc(NC(=O)C2(C(=O)O)CC2)cc1F. The van der Waals surface area contributed by atoms with Crippen molar-refractivity contribution < 1.29 is 28.2 Å². The molecule has 0 atom stereocenters. The van der Waals surface area contributed by atoms with Crippen LogP contribution in [0.15, 0.2) is 12.1 Å². The van der Waals surface area contributed by atoms with Crippen LogP contribution in [0.3, 0.4) is 0 Å². The second-order valence-corrected chi connectivity index (χ2v) is 4.31. The molecule has 0 heterocycles. The third-order valence-corrected chi connectivity index (χ3v) is 3.05. The maximum atomic E-state index is 13.4. The van der Waals surface area contributed by atoms with E-state index in [-0.39, 0.29) is 18.5 Å². The number of benzene rings is 1. The molecule has 7 heteroatoms. The summed E-state index contributed by atoms with van der Waals surface area (Å²) in [6.07, 6.45) is 0.435. The average Bonchev–Trinajstić information content (AvgIpc) is 3.09. The van der Waals surface area contributed by atoms with Gasteiger partial charge >= 0.3 is 5.97 Å². The fraction of sp³-hybridized carbons (Fsp3) is 0.333. The summed E-state index contributed by atoms with van der Waals surface area (Å²) in [6.45, 7) is 0. The fourth-order valence-corrected chi connectivity index (χ4v) is 1.74. The van der Waals surface area contributed by atoms with Gasteiger partial charge in [-0.25, -0.2) is 8.78 Å². The Bertz CT molecular complexity index is 532. The zero-order chi connectivity index (χ0) is 14.2. The van der Waals surface area contributed by atoms with E-state index in [0.717, 1.165) is 19.2 Å². The van der Waals surface area contributed by atoms with E-state index in [0.29, 0.717) is 0 Å². The number of halogens is 2. The highest BCUT2D eigenvalue weighted by Gasteiger charge is 2.57. The molecule has 2 rings (SSSR count). The van der Waals surface area contributed by atoms with Gasteiger partial charge in [0.05, 0.1) is 7.11 Å². The molecule has 0 aliphatic heterocycles. The number of carboxylic acids is 1. The summed E-state index contributed by atoms with van der Waals surface area (Å²) in [5, 5.41) is 11.1. The molecule has 0 aromatic heterocycles. The molecule has 0 bridgehead atoms. The number of hydrogen-bond donors (Lipinski definition) is 2. The van der Waals surface area contributed by atoms with Crippen LogP contribution in [0.25, 0.3) is 0 Å². The van der Waals surface area contributed by atoms with Crippen LogP contribution < -0.4 is 10.1 Å². The summed E-state index contributed by atoms with van der Waals surface area (Å²) >= 11 is 0. The summed E-state index contributed by atoms with van der Waals surface area (Å²) < 4.78 is 31.3. The molecule has 1 aliphatic rings. The topological polar surface area (TPSA) is 75.6 Å². The van der Waals surface area contributed by atoms with Gasteiger partial charge in [0, 0.05) is 17.8 Å². The van der Waals surface area contributed by atoms with Crippen molar-refractivity contribution in [3.8, 4) is 5.75 Å². The molecule has 1 aromatic rings. The summed E-state index contributed by atoms with van der Waals surface area (Å²) in [7, 11) is 1.11. The number of nitrogens with one attached hydrogen (secondary N) is 1. The van der Waals surface area contributed by atoms with Crippen molar-refractivity contribution in [2.24, 2.45) is 5.41 Å². The van der Waals surface area contributed by atoms with Crippen LogP contribution in [-0.2, 0) is 9.59 Å². The van der Waals surface area contributed by atoms with E-state index in [2.05, 4.69) is 10.1 Å². The molecule has 0 radical (unpaired) electrons. The fourth-order valence-electron chi connectivity index (χ4n) is 1.74. The highest BCUT2D eigenvalue weighted by molar-refractivity contribution is 6.10. The Morgan fingerprint density at radius 2 is 1.84 bits per heavy atom. The quantitative estimate of drug-likeness (QED) is 0.818. The molecule has 0 unspecified atom stereocenters. The first-order valence-corrected chi connectivity index (χ1v) is 5.48. The number of carboxylic acid groups (broad SMARTS) is 1. The van der Waals surface area contributed by atoms with E-state index in [9.17, 15) is 18.4 Å². The van der Waals surface area contributed by atoms with E-state index in [1.54, 1.807) is 0 Å². The van der Waals surface area contributed by atoms with Gasteiger partial charge in [-0.1, -0.05) is 0 Å². The number of rotatable bonds is 4. The minimum Gasteiger partial charge on any atom is -0.491 e. The smallest absolute Gasteiger partial charge is 0.319 e. The molecule has 2 N–H and O–H groups in total. The maximum Gasteiger partial charge on any atom is 0.319 e. The molecule has 0 saturated heterocycles. The van der Waals surface area contributed by atoms with Gasteiger partial charge in [-0.15, -0.1) is 0 Å². The lowest BCUT2D eigenvalue weighted by Gasteiger charge is -2.12. The van der Waals surface area contributed by atoms with E-state index >= 15 is 0 Å². The van der Waals surface area contributed by atoms with Crippen LogP contribution in [0, 0.1) is 17.0 Å². The summed E-state index contributed by atoms with van der Waals surface area (Å²) in [5.41, 5.74) is -1.61. The van der Waals surface area contributed by atoms with Gasteiger partial charge in [0.1, 0.15) is 5.41 Å². The number of aliphatic carboxylic acids is 1. The third-order valence-electron chi connectivity index (χ3n) is 3.05. The van der Waals surface area contributed by atoms with Crippen molar-refractivity contribution in [3.63, 3.8) is 0 Å². The first kappa shape index (κ1) is 13.3. The van der Waals surface area contributed by atoms with Crippen molar-refractivity contribution in [3.05, 3.63) is 23.8 Å². The number of carbonyl (C=O) groups excluding carboxylic acids is 1. The van der Waals surface area contributed by atoms with Gasteiger partial charge in [0.2, 0.25) is 5.91 Å². The van der Waals surface area contributed by atoms with Gasteiger partial charge in [-0.2, -0.15) is 0 Å². The van der Waals surface area contributed by atoms with Crippen LogP contribution in [0.4, 0.5) is 14.5 Å². The lowest BCUT2D eigenvalue weighted by atomic mass is 10.1. The molecule has 102 valence electrons. The molecule has 1 fully saturated rings. The standard InChI is InChI=1S/C12H11F2NO4/c1-19-9-7(13)4-6(5-8(9)14)15-10(16)12(2-3-12)11(17)18/h4-5H,2-3H2,1H3,(H,15,16)(H,17,18). The van der Waals surface area contributed by atoms with E-state index in [1.807, 2.05) is 0 Å². The minimum absolute atomic E-state index is 0.145. The first-order valence-electron chi connectivity index (χ1n) is 5.48. The van der Waals surface area contributed by atoms with Gasteiger partial charge in [0.25, 0.3) is 0 Å². The lowest BCUT2D eigenvalue weighted by Crippen LogP contribution is -2.31. The normalized spacial score (nSPS) is 15.7. The highest BCUT2D eigenvalue weighted by atomic mass is 19.1. The Morgan fingerprint density at radius 3 is 2.21 bits per heavy atom. The third kappa shape index (κ3) is 2.23. The van der Waals surface area contributed by atoms with E-state index < -0.39 is 34.7 Å². The molecule has 1 aromatic carbocycles. The van der Waals surface area contributed by atoms with Gasteiger partial charge < -0.3 is 15.2 Å². The Kier molecular flexibility index (Phi) is 3.13. The van der Waals surface area contributed by atoms with Crippen LogP contribution >= 0.6 is 0 Å². The molecule has 5 nitrogen and oxygen atoms in total. The van der Waals surface area contributed by atoms with Crippen LogP contribution in [0.1, 0.15) is 12.8 Å². The molecule has 1 amide bonds.